The molecule has 0 saturated carbocycles. The maximum absolute atomic E-state index is 12.1. The summed E-state index contributed by atoms with van der Waals surface area (Å²) in [5, 5.41) is 18.8. The van der Waals surface area contributed by atoms with Gasteiger partial charge in [-0.25, -0.2) is 0 Å². The summed E-state index contributed by atoms with van der Waals surface area (Å²) in [6.07, 6.45) is 6.17. The summed E-state index contributed by atoms with van der Waals surface area (Å²) in [5.74, 6) is 2.30. The molecule has 1 atom stereocenters. The van der Waals surface area contributed by atoms with Crippen molar-refractivity contribution in [3.05, 3.63) is 53.0 Å². The normalized spacial score (nSPS) is 23.1. The Morgan fingerprint density at radius 3 is 2.65 bits per heavy atom. The minimum atomic E-state index is -0.481. The maximum Gasteiger partial charge on any atom is 0.174 e. The standard InChI is InChI=1S/C16H14O4/c1-3-4-14-16(10(2)17)13(19)9-15(20-14)11-5-7-12(18)8-6-11/h1,4-8,15,17-18H,9H2,2H3/b14-4+,16-10+. The smallest absolute Gasteiger partial charge is 0.174 e. The number of hydrogen-bond acceptors (Lipinski definition) is 4. The molecule has 20 heavy (non-hydrogen) atoms. The fourth-order valence-electron chi connectivity index (χ4n) is 2.10. The van der Waals surface area contributed by atoms with Crippen LogP contribution in [-0.4, -0.2) is 16.0 Å². The average Bonchev–Trinajstić information content (AvgIpc) is 2.38. The lowest BCUT2D eigenvalue weighted by atomic mass is 9.94. The van der Waals surface area contributed by atoms with Crippen LogP contribution < -0.4 is 0 Å². The summed E-state index contributed by atoms with van der Waals surface area (Å²) < 4.78 is 5.70. The molecule has 0 aliphatic carbocycles. The Hall–Kier alpha value is -2.67. The van der Waals surface area contributed by atoms with Crippen LogP contribution in [0.15, 0.2) is 47.4 Å². The van der Waals surface area contributed by atoms with Gasteiger partial charge in [-0.2, -0.15) is 0 Å². The predicted molar refractivity (Wildman–Crippen MR) is 73.8 cm³/mol. The lowest BCUT2D eigenvalue weighted by Gasteiger charge is -2.27. The van der Waals surface area contributed by atoms with Crippen molar-refractivity contribution in [3.8, 4) is 18.1 Å². The second kappa shape index (κ2) is 5.54. The van der Waals surface area contributed by atoms with E-state index in [1.807, 2.05) is 0 Å². The number of aromatic hydroxyl groups is 1. The van der Waals surface area contributed by atoms with Crippen molar-refractivity contribution in [3.63, 3.8) is 0 Å². The maximum atomic E-state index is 12.1. The first-order valence-electron chi connectivity index (χ1n) is 6.08. The van der Waals surface area contributed by atoms with Crippen LogP contribution in [0.5, 0.6) is 5.75 Å². The number of carbonyl (C=O) groups is 1. The molecular formula is C16H14O4. The molecule has 1 aliphatic heterocycles. The number of phenols is 1. The van der Waals surface area contributed by atoms with Crippen LogP contribution >= 0.6 is 0 Å². The van der Waals surface area contributed by atoms with E-state index in [4.69, 9.17) is 11.2 Å². The van der Waals surface area contributed by atoms with Crippen LogP contribution in [0, 0.1) is 12.3 Å². The number of phenolic OH excluding ortho intramolecular Hbond substituents is 1. The van der Waals surface area contributed by atoms with E-state index in [2.05, 4.69) is 5.92 Å². The highest BCUT2D eigenvalue weighted by atomic mass is 16.5. The van der Waals surface area contributed by atoms with Gasteiger partial charge in [-0.05, 0) is 24.6 Å². The summed E-state index contributed by atoms with van der Waals surface area (Å²) in [6, 6.07) is 6.41. The van der Waals surface area contributed by atoms with Gasteiger partial charge in [-0.1, -0.05) is 18.1 Å². The minimum Gasteiger partial charge on any atom is -0.512 e. The van der Waals surface area contributed by atoms with Crippen LogP contribution in [0.25, 0.3) is 0 Å². The number of benzene rings is 1. The molecule has 102 valence electrons. The van der Waals surface area contributed by atoms with Gasteiger partial charge in [0.1, 0.15) is 23.4 Å². The number of aliphatic hydroxyl groups is 1. The number of ether oxygens (including phenoxy) is 1. The second-order valence-corrected chi connectivity index (χ2v) is 4.46. The number of Topliss-reactive ketones (excluding diaryl/α,β-unsaturated/α-hetero) is 1. The Morgan fingerprint density at radius 1 is 1.45 bits per heavy atom. The first-order valence-corrected chi connectivity index (χ1v) is 6.08. The average molecular weight is 270 g/mol. The van der Waals surface area contributed by atoms with Crippen LogP contribution in [0.1, 0.15) is 25.0 Å². The molecule has 1 aromatic carbocycles. The molecule has 1 saturated heterocycles. The second-order valence-electron chi connectivity index (χ2n) is 4.46. The van der Waals surface area contributed by atoms with E-state index >= 15 is 0 Å². The molecular weight excluding hydrogens is 256 g/mol. The molecule has 0 aromatic heterocycles. The molecule has 0 spiro atoms. The fourth-order valence-corrected chi connectivity index (χ4v) is 2.10. The van der Waals surface area contributed by atoms with Crippen molar-refractivity contribution >= 4 is 5.78 Å². The first kappa shape index (κ1) is 13.8. The number of aliphatic hydroxyl groups excluding tert-OH is 1. The third-order valence-electron chi connectivity index (χ3n) is 3.01. The molecule has 4 heteroatoms. The van der Waals surface area contributed by atoms with Gasteiger partial charge in [0.25, 0.3) is 0 Å². The number of terminal acetylenes is 1. The minimum absolute atomic E-state index is 0.111. The molecule has 0 radical (unpaired) electrons. The lowest BCUT2D eigenvalue weighted by molar-refractivity contribution is -0.120. The van der Waals surface area contributed by atoms with E-state index in [1.54, 1.807) is 12.1 Å². The van der Waals surface area contributed by atoms with Crippen LogP contribution in [-0.2, 0) is 9.53 Å². The quantitative estimate of drug-likeness (QED) is 0.468. The van der Waals surface area contributed by atoms with E-state index in [0.29, 0.717) is 0 Å². The summed E-state index contributed by atoms with van der Waals surface area (Å²) in [4.78, 5) is 12.1. The van der Waals surface area contributed by atoms with E-state index in [9.17, 15) is 15.0 Å². The Bertz CT molecular complexity index is 625. The molecule has 1 fully saturated rings. The number of hydrogen-bond donors (Lipinski definition) is 2. The highest BCUT2D eigenvalue weighted by Crippen LogP contribution is 2.35. The van der Waals surface area contributed by atoms with Gasteiger partial charge in [-0.3, -0.25) is 4.79 Å². The highest BCUT2D eigenvalue weighted by molar-refractivity contribution is 6.00. The largest absolute Gasteiger partial charge is 0.512 e. The first-order chi connectivity index (χ1) is 9.52. The van der Waals surface area contributed by atoms with E-state index in [1.165, 1.54) is 25.1 Å². The Labute approximate surface area is 117 Å². The summed E-state index contributed by atoms with van der Waals surface area (Å²) >= 11 is 0. The summed E-state index contributed by atoms with van der Waals surface area (Å²) in [7, 11) is 0. The number of rotatable bonds is 1. The number of allylic oxidation sites excluding steroid dienone is 3. The highest BCUT2D eigenvalue weighted by Gasteiger charge is 2.31. The molecule has 4 nitrogen and oxygen atoms in total. The lowest BCUT2D eigenvalue weighted by Crippen LogP contribution is -2.22. The SMILES string of the molecule is C#C/C=C1/OC(c2ccc(O)cc2)CC(=O)/C1=C(/C)O. The van der Waals surface area contributed by atoms with Crippen LogP contribution in [0.3, 0.4) is 0 Å². The van der Waals surface area contributed by atoms with Crippen molar-refractivity contribution in [1.82, 2.24) is 0 Å². The molecule has 1 aromatic rings. The zero-order chi connectivity index (χ0) is 14.7. The van der Waals surface area contributed by atoms with Crippen molar-refractivity contribution in [2.45, 2.75) is 19.4 Å². The number of carbonyl (C=O) groups excluding carboxylic acids is 1. The monoisotopic (exact) mass is 270 g/mol. The van der Waals surface area contributed by atoms with Gasteiger partial charge in [0.05, 0.1) is 12.0 Å². The van der Waals surface area contributed by atoms with E-state index in [0.717, 1.165) is 5.56 Å². The van der Waals surface area contributed by atoms with Gasteiger partial charge in [0, 0.05) is 6.08 Å². The van der Waals surface area contributed by atoms with Gasteiger partial charge >= 0.3 is 0 Å². The molecule has 2 rings (SSSR count). The summed E-state index contributed by atoms with van der Waals surface area (Å²) in [5.41, 5.74) is 0.881. The van der Waals surface area contributed by atoms with E-state index in [-0.39, 0.29) is 35.0 Å². The van der Waals surface area contributed by atoms with Crippen molar-refractivity contribution in [1.29, 1.82) is 0 Å². The molecule has 1 heterocycles. The Morgan fingerprint density at radius 2 is 2.10 bits per heavy atom. The van der Waals surface area contributed by atoms with Gasteiger partial charge in [0.2, 0.25) is 0 Å². The third-order valence-corrected chi connectivity index (χ3v) is 3.01. The van der Waals surface area contributed by atoms with Crippen molar-refractivity contribution in [2.24, 2.45) is 0 Å². The number of ketones is 1. The van der Waals surface area contributed by atoms with Gasteiger partial charge in [0.15, 0.2) is 5.78 Å². The van der Waals surface area contributed by atoms with Gasteiger partial charge < -0.3 is 14.9 Å². The predicted octanol–water partition coefficient (Wildman–Crippen LogP) is 2.77. The molecule has 0 amide bonds. The Balaban J connectivity index is 2.36. The Kier molecular flexibility index (Phi) is 3.81. The van der Waals surface area contributed by atoms with E-state index < -0.39 is 6.10 Å². The molecule has 1 unspecified atom stereocenters. The molecule has 2 N–H and O–H groups in total. The zero-order valence-corrected chi connectivity index (χ0v) is 11.0. The molecule has 1 aliphatic rings. The van der Waals surface area contributed by atoms with Crippen molar-refractivity contribution in [2.75, 3.05) is 0 Å². The van der Waals surface area contributed by atoms with Crippen LogP contribution in [0.4, 0.5) is 0 Å². The topological polar surface area (TPSA) is 66.8 Å². The molecule has 0 bridgehead atoms. The van der Waals surface area contributed by atoms with Crippen LogP contribution in [0.2, 0.25) is 0 Å². The third kappa shape index (κ3) is 2.67. The summed E-state index contributed by atoms with van der Waals surface area (Å²) in [6.45, 7) is 1.42. The fraction of sp³-hybridized carbons (Fsp3) is 0.188. The van der Waals surface area contributed by atoms with Crippen molar-refractivity contribution < 1.29 is 19.7 Å². The van der Waals surface area contributed by atoms with Gasteiger partial charge in [-0.15, -0.1) is 6.42 Å². The zero-order valence-electron chi connectivity index (χ0n) is 11.0.